The molecule has 2 heterocycles. The fourth-order valence-corrected chi connectivity index (χ4v) is 3.62. The quantitative estimate of drug-likeness (QED) is 0.875. The Morgan fingerprint density at radius 2 is 2.17 bits per heavy atom. The first-order valence-corrected chi connectivity index (χ1v) is 8.10. The largest absolute Gasteiger partial charge is 0.366 e. The third-order valence-electron chi connectivity index (χ3n) is 3.57. The average Bonchev–Trinajstić information content (AvgIpc) is 2.87. The molecule has 1 aromatic carbocycles. The van der Waals surface area contributed by atoms with Gasteiger partial charge in [0.1, 0.15) is 5.82 Å². The number of rotatable bonds is 4. The van der Waals surface area contributed by atoms with Crippen LogP contribution in [-0.2, 0) is 5.72 Å². The molecule has 3 rings (SSSR count). The summed E-state index contributed by atoms with van der Waals surface area (Å²) < 4.78 is 13.2. The molecule has 1 atom stereocenters. The van der Waals surface area contributed by atoms with E-state index in [1.165, 1.54) is 23.9 Å². The topological polar surface area (TPSA) is 48.7 Å². The number of aliphatic imine (C=N–C) groups is 1. The van der Waals surface area contributed by atoms with Crippen LogP contribution in [0, 0.1) is 5.82 Å². The van der Waals surface area contributed by atoms with Crippen molar-refractivity contribution >= 4 is 22.6 Å². The molecule has 1 aliphatic heterocycles. The van der Waals surface area contributed by atoms with Crippen LogP contribution in [0.3, 0.4) is 0 Å². The number of benzene rings is 1. The summed E-state index contributed by atoms with van der Waals surface area (Å²) in [7, 11) is 0. The van der Waals surface area contributed by atoms with Gasteiger partial charge in [0.15, 0.2) is 10.9 Å². The Kier molecular flexibility index (Phi) is 4.45. The molecule has 1 saturated heterocycles. The maximum Gasteiger partial charge on any atom is 0.175 e. The molecule has 1 aliphatic rings. The molecule has 0 saturated carbocycles. The predicted octanol–water partition coefficient (Wildman–Crippen LogP) is 3.29. The van der Waals surface area contributed by atoms with Crippen molar-refractivity contribution in [3.05, 3.63) is 72.8 Å². The summed E-state index contributed by atoms with van der Waals surface area (Å²) in [4.78, 5) is 10.4. The van der Waals surface area contributed by atoms with Crippen molar-refractivity contribution in [1.29, 1.82) is 0 Å². The van der Waals surface area contributed by atoms with E-state index in [1.807, 2.05) is 12.1 Å². The molecule has 4 nitrogen and oxygen atoms in total. The number of aromatic nitrogens is 1. The molecule has 1 N–H and O–H groups in total. The van der Waals surface area contributed by atoms with E-state index in [2.05, 4.69) is 16.6 Å². The van der Waals surface area contributed by atoms with Crippen molar-refractivity contribution in [2.45, 2.75) is 5.72 Å². The van der Waals surface area contributed by atoms with Gasteiger partial charge < -0.3 is 10.0 Å². The minimum absolute atomic E-state index is 0.331. The van der Waals surface area contributed by atoms with E-state index in [0.29, 0.717) is 28.7 Å². The third-order valence-corrected chi connectivity index (χ3v) is 4.69. The van der Waals surface area contributed by atoms with Gasteiger partial charge in [-0.3, -0.25) is 4.98 Å². The number of pyridine rings is 1. The number of amidine groups is 1. The molecule has 0 bridgehead atoms. The Hall–Kier alpha value is -2.18. The summed E-state index contributed by atoms with van der Waals surface area (Å²) in [6.45, 7) is 4.18. The highest BCUT2D eigenvalue weighted by molar-refractivity contribution is 8.14. The van der Waals surface area contributed by atoms with E-state index in [9.17, 15) is 9.50 Å². The number of thioether (sulfide) groups is 1. The van der Waals surface area contributed by atoms with E-state index in [4.69, 9.17) is 0 Å². The maximum absolute atomic E-state index is 13.2. The molecule has 1 fully saturated rings. The summed E-state index contributed by atoms with van der Waals surface area (Å²) >= 11 is 1.45. The molecular weight excluding hydrogens is 313 g/mol. The van der Waals surface area contributed by atoms with Gasteiger partial charge in [0, 0.05) is 18.3 Å². The smallest absolute Gasteiger partial charge is 0.175 e. The number of aliphatic hydroxyl groups is 1. The van der Waals surface area contributed by atoms with Crippen LogP contribution >= 0.6 is 11.8 Å². The van der Waals surface area contributed by atoms with Gasteiger partial charge in [0.25, 0.3) is 0 Å². The van der Waals surface area contributed by atoms with Crippen LogP contribution < -0.4 is 0 Å². The SMILES string of the molecule is C=CCN1C(=Nc2cccnc2)SCC1(O)c1ccc(F)cc1. The standard InChI is InChI=1S/C17H16FN3OS/c1-2-10-21-16(20-15-4-3-9-19-11-15)23-12-17(21,22)13-5-7-14(18)8-6-13/h2-9,11,22H,1,10,12H2. The summed E-state index contributed by atoms with van der Waals surface area (Å²) in [5, 5.41) is 11.8. The second kappa shape index (κ2) is 6.52. The van der Waals surface area contributed by atoms with Crippen molar-refractivity contribution in [3.8, 4) is 0 Å². The first kappa shape index (κ1) is 15.7. The van der Waals surface area contributed by atoms with Crippen LogP contribution in [0.15, 0.2) is 66.4 Å². The molecule has 1 aromatic heterocycles. The Bertz CT molecular complexity index is 720. The Labute approximate surface area is 138 Å². The van der Waals surface area contributed by atoms with Crippen molar-refractivity contribution in [2.24, 2.45) is 4.99 Å². The highest BCUT2D eigenvalue weighted by Crippen LogP contribution is 2.39. The summed E-state index contributed by atoms with van der Waals surface area (Å²) in [5.74, 6) is 0.0773. The van der Waals surface area contributed by atoms with Gasteiger partial charge in [-0.1, -0.05) is 30.0 Å². The number of hydrogen-bond acceptors (Lipinski definition) is 4. The van der Waals surface area contributed by atoms with Crippen LogP contribution in [-0.4, -0.2) is 32.5 Å². The zero-order valence-corrected chi connectivity index (χ0v) is 13.2. The number of nitrogens with zero attached hydrogens (tertiary/aromatic N) is 3. The van der Waals surface area contributed by atoms with E-state index in [1.54, 1.807) is 35.5 Å². The Morgan fingerprint density at radius 3 is 2.83 bits per heavy atom. The number of halogens is 1. The second-order valence-electron chi connectivity index (χ2n) is 5.12. The lowest BCUT2D eigenvalue weighted by Crippen LogP contribution is -2.45. The summed E-state index contributed by atoms with van der Waals surface area (Å²) in [5.41, 5.74) is 0.102. The van der Waals surface area contributed by atoms with Gasteiger partial charge >= 0.3 is 0 Å². The van der Waals surface area contributed by atoms with Gasteiger partial charge in [0.05, 0.1) is 17.6 Å². The fraction of sp³-hybridized carbons (Fsp3) is 0.176. The van der Waals surface area contributed by atoms with Gasteiger partial charge in [-0.05, 0) is 24.3 Å². The minimum Gasteiger partial charge on any atom is -0.366 e. The van der Waals surface area contributed by atoms with Crippen molar-refractivity contribution in [2.75, 3.05) is 12.3 Å². The molecule has 1 unspecified atom stereocenters. The van der Waals surface area contributed by atoms with Gasteiger partial charge in [-0.15, -0.1) is 6.58 Å². The average molecular weight is 329 g/mol. The van der Waals surface area contributed by atoms with Gasteiger partial charge in [0.2, 0.25) is 0 Å². The van der Waals surface area contributed by atoms with Crippen LogP contribution in [0.25, 0.3) is 0 Å². The van der Waals surface area contributed by atoms with E-state index < -0.39 is 5.72 Å². The molecule has 0 aliphatic carbocycles. The zero-order valence-electron chi connectivity index (χ0n) is 12.4. The molecule has 0 spiro atoms. The number of hydrogen-bond donors (Lipinski definition) is 1. The lowest BCUT2D eigenvalue weighted by atomic mass is 10.0. The van der Waals surface area contributed by atoms with E-state index >= 15 is 0 Å². The van der Waals surface area contributed by atoms with Crippen LogP contribution in [0.4, 0.5) is 10.1 Å². The molecule has 0 radical (unpaired) electrons. The van der Waals surface area contributed by atoms with Crippen molar-refractivity contribution in [1.82, 2.24) is 9.88 Å². The van der Waals surface area contributed by atoms with Crippen molar-refractivity contribution < 1.29 is 9.50 Å². The zero-order chi connectivity index (χ0) is 16.3. The second-order valence-corrected chi connectivity index (χ2v) is 6.06. The van der Waals surface area contributed by atoms with Crippen LogP contribution in [0.1, 0.15) is 5.56 Å². The predicted molar refractivity (Wildman–Crippen MR) is 91.0 cm³/mol. The first-order valence-electron chi connectivity index (χ1n) is 7.12. The first-order chi connectivity index (χ1) is 11.1. The van der Waals surface area contributed by atoms with Crippen molar-refractivity contribution in [3.63, 3.8) is 0 Å². The monoisotopic (exact) mass is 329 g/mol. The Balaban J connectivity index is 1.97. The fourth-order valence-electron chi connectivity index (χ4n) is 2.42. The lowest BCUT2D eigenvalue weighted by Gasteiger charge is -2.33. The van der Waals surface area contributed by atoms with Gasteiger partial charge in [-0.2, -0.15) is 0 Å². The minimum atomic E-state index is -1.24. The molecule has 2 aromatic rings. The van der Waals surface area contributed by atoms with Crippen LogP contribution in [0.2, 0.25) is 0 Å². The van der Waals surface area contributed by atoms with E-state index in [-0.39, 0.29) is 5.82 Å². The molecule has 23 heavy (non-hydrogen) atoms. The highest BCUT2D eigenvalue weighted by atomic mass is 32.2. The molecular formula is C17H16FN3OS. The van der Waals surface area contributed by atoms with E-state index in [0.717, 1.165) is 0 Å². The summed E-state index contributed by atoms with van der Waals surface area (Å²) in [6.07, 6.45) is 5.05. The molecule has 0 amide bonds. The van der Waals surface area contributed by atoms with Gasteiger partial charge in [-0.25, -0.2) is 9.38 Å². The third kappa shape index (κ3) is 3.13. The lowest BCUT2D eigenvalue weighted by molar-refractivity contribution is -0.0422. The highest BCUT2D eigenvalue weighted by Gasteiger charge is 2.44. The summed E-state index contributed by atoms with van der Waals surface area (Å²) in [6, 6.07) is 9.55. The normalized spacial score (nSPS) is 22.5. The maximum atomic E-state index is 13.2. The molecule has 118 valence electrons. The van der Waals surface area contributed by atoms with Crippen LogP contribution in [0.5, 0.6) is 0 Å². The Morgan fingerprint density at radius 1 is 1.39 bits per heavy atom. The molecule has 6 heteroatoms.